The Morgan fingerprint density at radius 2 is 1.70 bits per heavy atom. The third kappa shape index (κ3) is 6.23. The van der Waals surface area contributed by atoms with Gasteiger partial charge in [-0.3, -0.25) is 24.1 Å². The average Bonchev–Trinajstić information content (AvgIpc) is 3.09. The molecule has 3 rings (SSSR count). The fourth-order valence-electron chi connectivity index (χ4n) is 3.25. The van der Waals surface area contributed by atoms with Crippen LogP contribution < -0.4 is 20.6 Å². The molecule has 1 unspecified atom stereocenters. The molecule has 0 aromatic heterocycles. The number of nitrogens with one attached hydrogen (secondary N) is 2. The van der Waals surface area contributed by atoms with Crippen molar-refractivity contribution in [2.75, 3.05) is 24.7 Å². The minimum atomic E-state index is -1.47. The van der Waals surface area contributed by atoms with Crippen LogP contribution in [0.2, 0.25) is 19.6 Å². The number of anilines is 1. The van der Waals surface area contributed by atoms with E-state index in [1.54, 1.807) is 24.3 Å². The molecule has 4 amide bonds. The summed E-state index contributed by atoms with van der Waals surface area (Å²) in [5, 5.41) is 6.29. The fraction of sp³-hybridized carbons (Fsp3) is 0.304. The van der Waals surface area contributed by atoms with Crippen molar-refractivity contribution >= 4 is 53.7 Å². The zero-order valence-corrected chi connectivity index (χ0v) is 20.8. The number of carbonyl (C=O) groups is 4. The number of hydrogen-bond donors (Lipinski definition) is 2. The van der Waals surface area contributed by atoms with Crippen molar-refractivity contribution in [1.29, 1.82) is 0 Å². The van der Waals surface area contributed by atoms with Gasteiger partial charge in [-0.2, -0.15) is 0 Å². The van der Waals surface area contributed by atoms with Gasteiger partial charge in [-0.05, 0) is 29.8 Å². The van der Waals surface area contributed by atoms with Gasteiger partial charge in [0.15, 0.2) is 0 Å². The highest BCUT2D eigenvalue weighted by molar-refractivity contribution is 8.14. The van der Waals surface area contributed by atoms with Crippen LogP contribution in [0.1, 0.15) is 11.6 Å². The van der Waals surface area contributed by atoms with Crippen LogP contribution in [0, 0.1) is 0 Å². The summed E-state index contributed by atoms with van der Waals surface area (Å²) < 4.78 is 5.17. The van der Waals surface area contributed by atoms with Crippen molar-refractivity contribution in [3.05, 3.63) is 54.1 Å². The van der Waals surface area contributed by atoms with Crippen molar-refractivity contribution in [2.24, 2.45) is 0 Å². The highest BCUT2D eigenvalue weighted by Gasteiger charge is 2.33. The second kappa shape index (κ2) is 10.2. The first-order valence-electron chi connectivity index (χ1n) is 10.4. The third-order valence-corrected chi connectivity index (χ3v) is 8.10. The second-order valence-corrected chi connectivity index (χ2v) is 14.6. The Hall–Kier alpha value is -3.11. The lowest BCUT2D eigenvalue weighted by molar-refractivity contribution is -0.131. The van der Waals surface area contributed by atoms with Crippen LogP contribution in [0.15, 0.2) is 48.5 Å². The van der Waals surface area contributed by atoms with Crippen molar-refractivity contribution < 1.29 is 23.9 Å². The molecule has 1 heterocycles. The Balaban J connectivity index is 1.78. The Labute approximate surface area is 198 Å². The average molecular weight is 486 g/mol. The highest BCUT2D eigenvalue weighted by Crippen LogP contribution is 2.21. The number of nitrogens with zero attached hydrogens (tertiary/aromatic N) is 1. The summed E-state index contributed by atoms with van der Waals surface area (Å²) in [7, 11) is 0.0611. The SMILES string of the molecule is COc1ccc(C(NC(=O)CN2C(=O)CSC2=O)C(=O)Nc2ccc([Si](C)(C)C)cc2)cc1. The summed E-state index contributed by atoms with van der Waals surface area (Å²) in [6, 6.07) is 13.4. The van der Waals surface area contributed by atoms with Gasteiger partial charge in [0.1, 0.15) is 18.3 Å². The molecule has 33 heavy (non-hydrogen) atoms. The summed E-state index contributed by atoms with van der Waals surface area (Å²) >= 11 is 0.853. The van der Waals surface area contributed by atoms with E-state index in [9.17, 15) is 19.2 Å². The van der Waals surface area contributed by atoms with Crippen LogP contribution in [0.3, 0.4) is 0 Å². The molecule has 1 atom stereocenters. The molecule has 10 heteroatoms. The predicted octanol–water partition coefficient (Wildman–Crippen LogP) is 2.73. The second-order valence-electron chi connectivity index (χ2n) is 8.62. The topological polar surface area (TPSA) is 105 Å². The van der Waals surface area contributed by atoms with Gasteiger partial charge in [0.05, 0.1) is 20.9 Å². The summed E-state index contributed by atoms with van der Waals surface area (Å²) in [4.78, 5) is 50.3. The molecule has 0 saturated carbocycles. The van der Waals surface area contributed by atoms with Crippen LogP contribution in [0.5, 0.6) is 5.75 Å². The first kappa shape index (κ1) is 24.5. The number of methoxy groups -OCH3 is 1. The number of thioether (sulfide) groups is 1. The molecule has 1 aliphatic heterocycles. The van der Waals surface area contributed by atoms with Crippen LogP contribution >= 0.6 is 11.8 Å². The largest absolute Gasteiger partial charge is 0.497 e. The minimum Gasteiger partial charge on any atom is -0.497 e. The Morgan fingerprint density at radius 1 is 1.06 bits per heavy atom. The molecule has 2 aromatic rings. The van der Waals surface area contributed by atoms with E-state index in [4.69, 9.17) is 4.74 Å². The van der Waals surface area contributed by atoms with E-state index in [0.717, 1.165) is 16.7 Å². The number of benzene rings is 2. The van der Waals surface area contributed by atoms with Crippen LogP contribution in [-0.4, -0.2) is 55.3 Å². The van der Waals surface area contributed by atoms with Crippen molar-refractivity contribution in [3.63, 3.8) is 0 Å². The number of hydrogen-bond acceptors (Lipinski definition) is 6. The standard InChI is InChI=1S/C23H27N3O5SSi/c1-31-17-9-5-15(6-10-17)21(25-19(27)13-26-20(28)14-32-23(26)30)22(29)24-16-7-11-18(12-8-16)33(2,3)4/h5-12,21H,13-14H2,1-4H3,(H,24,29)(H,25,27). The molecule has 0 aliphatic carbocycles. The molecule has 1 aliphatic rings. The maximum Gasteiger partial charge on any atom is 0.289 e. The molecule has 1 saturated heterocycles. The van der Waals surface area contributed by atoms with E-state index in [2.05, 4.69) is 30.3 Å². The summed E-state index contributed by atoms with van der Waals surface area (Å²) in [6.45, 7) is 6.29. The molecule has 2 aromatic carbocycles. The van der Waals surface area contributed by atoms with E-state index < -0.39 is 43.6 Å². The van der Waals surface area contributed by atoms with Gasteiger partial charge in [0, 0.05) is 5.69 Å². The zero-order chi connectivity index (χ0) is 24.2. The van der Waals surface area contributed by atoms with E-state index in [0.29, 0.717) is 17.0 Å². The van der Waals surface area contributed by atoms with Crippen LogP contribution in [0.25, 0.3) is 0 Å². The lowest BCUT2D eigenvalue weighted by Crippen LogP contribution is -2.44. The third-order valence-electron chi connectivity index (χ3n) is 5.18. The van der Waals surface area contributed by atoms with Crippen molar-refractivity contribution in [3.8, 4) is 5.75 Å². The number of carbonyl (C=O) groups excluding carboxylic acids is 4. The molecule has 0 bridgehead atoms. The normalized spacial score (nSPS) is 14.7. The number of amides is 4. The van der Waals surface area contributed by atoms with Gasteiger partial charge in [-0.25, -0.2) is 0 Å². The minimum absolute atomic E-state index is 0.0158. The van der Waals surface area contributed by atoms with Crippen molar-refractivity contribution in [2.45, 2.75) is 25.7 Å². The monoisotopic (exact) mass is 485 g/mol. The van der Waals surface area contributed by atoms with E-state index in [-0.39, 0.29) is 5.75 Å². The number of ether oxygens (including phenoxy) is 1. The molecular weight excluding hydrogens is 458 g/mol. The van der Waals surface area contributed by atoms with Gasteiger partial charge in [-0.15, -0.1) is 0 Å². The first-order valence-corrected chi connectivity index (χ1v) is 14.9. The molecule has 0 spiro atoms. The van der Waals surface area contributed by atoms with Gasteiger partial charge in [0.2, 0.25) is 11.8 Å². The van der Waals surface area contributed by atoms with Crippen LogP contribution in [-0.2, 0) is 14.4 Å². The smallest absolute Gasteiger partial charge is 0.289 e. The lowest BCUT2D eigenvalue weighted by atomic mass is 10.1. The summed E-state index contributed by atoms with van der Waals surface area (Å²) in [6.07, 6.45) is 0. The van der Waals surface area contributed by atoms with Gasteiger partial charge < -0.3 is 15.4 Å². The molecule has 2 N–H and O–H groups in total. The quantitative estimate of drug-likeness (QED) is 0.557. The van der Waals surface area contributed by atoms with Crippen LogP contribution in [0.4, 0.5) is 10.5 Å². The van der Waals surface area contributed by atoms with Crippen molar-refractivity contribution in [1.82, 2.24) is 10.2 Å². The Morgan fingerprint density at radius 3 is 2.21 bits per heavy atom. The Kier molecular flexibility index (Phi) is 7.60. The van der Waals surface area contributed by atoms with Gasteiger partial charge in [-0.1, -0.05) is 60.9 Å². The summed E-state index contributed by atoms with van der Waals surface area (Å²) in [5.74, 6) is -0.849. The maximum atomic E-state index is 13.2. The molecule has 8 nitrogen and oxygen atoms in total. The predicted molar refractivity (Wildman–Crippen MR) is 131 cm³/mol. The van der Waals surface area contributed by atoms with E-state index in [1.807, 2.05) is 24.3 Å². The molecule has 0 radical (unpaired) electrons. The molecule has 174 valence electrons. The fourth-order valence-corrected chi connectivity index (χ4v) is 5.14. The number of imide groups is 1. The van der Waals surface area contributed by atoms with E-state index >= 15 is 0 Å². The van der Waals surface area contributed by atoms with E-state index in [1.165, 1.54) is 12.3 Å². The molecule has 1 fully saturated rings. The lowest BCUT2D eigenvalue weighted by Gasteiger charge is -2.21. The zero-order valence-electron chi connectivity index (χ0n) is 19.0. The first-order chi connectivity index (χ1) is 15.6. The van der Waals surface area contributed by atoms with Gasteiger partial charge in [0.25, 0.3) is 11.1 Å². The number of rotatable bonds is 8. The van der Waals surface area contributed by atoms with Gasteiger partial charge >= 0.3 is 0 Å². The summed E-state index contributed by atoms with van der Waals surface area (Å²) in [5.41, 5.74) is 1.14. The maximum absolute atomic E-state index is 13.2. The molecular formula is C23H27N3O5SSi. The highest BCUT2D eigenvalue weighted by atomic mass is 32.2. The Bertz CT molecular complexity index is 1040.